The van der Waals surface area contributed by atoms with Gasteiger partial charge in [-0.15, -0.1) is 0 Å². The molecule has 0 aromatic carbocycles. The van der Waals surface area contributed by atoms with Crippen molar-refractivity contribution in [3.63, 3.8) is 0 Å². The Bertz CT molecular complexity index is 828. The number of fused-ring (bicyclic) bond motifs is 3. The van der Waals surface area contributed by atoms with Crippen molar-refractivity contribution < 1.29 is 9.84 Å². The minimum absolute atomic E-state index is 0.344. The second kappa shape index (κ2) is 5.62. The first kappa shape index (κ1) is 14.7. The van der Waals surface area contributed by atoms with Gasteiger partial charge >= 0.3 is 0 Å². The molecule has 0 unspecified atom stereocenters. The van der Waals surface area contributed by atoms with Gasteiger partial charge in [0, 0.05) is 24.7 Å². The van der Waals surface area contributed by atoms with Crippen LogP contribution in [0.1, 0.15) is 50.6 Å². The quantitative estimate of drug-likeness (QED) is 0.779. The smallest absolute Gasteiger partial charge is 0.139 e. The molecule has 0 amide bonds. The predicted molar refractivity (Wildman–Crippen MR) is 88.3 cm³/mol. The number of aliphatic hydroxyl groups is 1. The largest absolute Gasteiger partial charge is 0.385 e. The highest BCUT2D eigenvalue weighted by atomic mass is 16.5. The summed E-state index contributed by atoms with van der Waals surface area (Å²) < 4.78 is 7.73. The standard InChI is InChI=1S/C17H22N4O2/c1-10(22)17-20-14-9-19-16-13(7-8-18-16)15(14)21(17)11-3-5-12(23-2)6-4-11/h7-12,22H,3-6H2,1-2H3,(H,18,19)/t10-,11-,12-/m1/s1. The van der Waals surface area contributed by atoms with Gasteiger partial charge < -0.3 is 19.4 Å². The second-order valence-corrected chi connectivity index (χ2v) is 6.41. The summed E-state index contributed by atoms with van der Waals surface area (Å²) in [5.74, 6) is 0.733. The predicted octanol–water partition coefficient (Wildman–Crippen LogP) is 3.10. The fourth-order valence-electron chi connectivity index (χ4n) is 3.81. The zero-order valence-corrected chi connectivity index (χ0v) is 13.5. The van der Waals surface area contributed by atoms with Crippen LogP contribution < -0.4 is 0 Å². The molecule has 1 atom stereocenters. The molecule has 0 radical (unpaired) electrons. The Labute approximate surface area is 134 Å². The second-order valence-electron chi connectivity index (χ2n) is 6.41. The Morgan fingerprint density at radius 1 is 1.35 bits per heavy atom. The Morgan fingerprint density at radius 3 is 2.83 bits per heavy atom. The number of pyridine rings is 1. The van der Waals surface area contributed by atoms with Gasteiger partial charge in [0.05, 0.1) is 17.8 Å². The highest BCUT2D eigenvalue weighted by Crippen LogP contribution is 2.36. The van der Waals surface area contributed by atoms with Crippen molar-refractivity contribution in [2.24, 2.45) is 0 Å². The molecular weight excluding hydrogens is 292 g/mol. The number of aromatic nitrogens is 4. The van der Waals surface area contributed by atoms with Crippen LogP contribution in [0.15, 0.2) is 18.5 Å². The van der Waals surface area contributed by atoms with Gasteiger partial charge in [0.25, 0.3) is 0 Å². The minimum Gasteiger partial charge on any atom is -0.385 e. The molecule has 1 fully saturated rings. The molecule has 4 rings (SSSR count). The highest BCUT2D eigenvalue weighted by molar-refractivity contribution is 6.01. The average molecular weight is 314 g/mol. The molecular formula is C17H22N4O2. The lowest BCUT2D eigenvalue weighted by atomic mass is 9.92. The molecule has 3 heterocycles. The van der Waals surface area contributed by atoms with Crippen LogP contribution in [0.5, 0.6) is 0 Å². The van der Waals surface area contributed by atoms with E-state index in [1.54, 1.807) is 20.2 Å². The molecule has 6 heteroatoms. The first-order valence-corrected chi connectivity index (χ1v) is 8.23. The lowest BCUT2D eigenvalue weighted by Crippen LogP contribution is -2.24. The fourth-order valence-corrected chi connectivity index (χ4v) is 3.81. The third kappa shape index (κ3) is 2.33. The van der Waals surface area contributed by atoms with Crippen molar-refractivity contribution in [3.8, 4) is 0 Å². The zero-order chi connectivity index (χ0) is 16.0. The van der Waals surface area contributed by atoms with Crippen LogP contribution in [0.2, 0.25) is 0 Å². The summed E-state index contributed by atoms with van der Waals surface area (Å²) in [7, 11) is 1.79. The van der Waals surface area contributed by atoms with E-state index in [-0.39, 0.29) is 0 Å². The SMILES string of the molecule is CO[C@H]1CC[C@H](n2c([C@@H](C)O)nc3cnc4[nH]ccc4c32)CC1. The van der Waals surface area contributed by atoms with Crippen LogP contribution in [0.4, 0.5) is 0 Å². The van der Waals surface area contributed by atoms with E-state index in [1.165, 1.54) is 0 Å². The molecule has 23 heavy (non-hydrogen) atoms. The average Bonchev–Trinajstić information content (AvgIpc) is 3.18. The van der Waals surface area contributed by atoms with E-state index in [4.69, 9.17) is 4.74 Å². The van der Waals surface area contributed by atoms with Gasteiger partial charge in [0.2, 0.25) is 0 Å². The van der Waals surface area contributed by atoms with E-state index in [1.807, 2.05) is 12.3 Å². The lowest BCUT2D eigenvalue weighted by Gasteiger charge is -2.30. The number of hydrogen-bond donors (Lipinski definition) is 2. The number of imidazole rings is 1. The molecule has 0 spiro atoms. The summed E-state index contributed by atoms with van der Waals surface area (Å²) in [6, 6.07) is 2.38. The highest BCUT2D eigenvalue weighted by Gasteiger charge is 2.27. The summed E-state index contributed by atoms with van der Waals surface area (Å²) in [5, 5.41) is 11.3. The third-order valence-electron chi connectivity index (χ3n) is 4.98. The van der Waals surface area contributed by atoms with Crippen molar-refractivity contribution in [1.29, 1.82) is 0 Å². The van der Waals surface area contributed by atoms with Crippen LogP contribution in [-0.2, 0) is 4.74 Å². The molecule has 0 bridgehead atoms. The summed E-state index contributed by atoms with van der Waals surface area (Å²) >= 11 is 0. The molecule has 0 saturated heterocycles. The van der Waals surface area contributed by atoms with Crippen molar-refractivity contribution >= 4 is 22.1 Å². The van der Waals surface area contributed by atoms with Crippen LogP contribution in [0.25, 0.3) is 22.1 Å². The normalized spacial score (nSPS) is 23.6. The molecule has 1 saturated carbocycles. The number of aromatic amines is 1. The molecule has 6 nitrogen and oxygen atoms in total. The summed E-state index contributed by atoms with van der Waals surface area (Å²) in [6.45, 7) is 1.78. The van der Waals surface area contributed by atoms with Crippen molar-refractivity contribution in [2.45, 2.75) is 50.9 Å². The molecule has 2 N–H and O–H groups in total. The summed E-state index contributed by atoms with van der Waals surface area (Å²) in [5.41, 5.74) is 2.79. The molecule has 0 aliphatic heterocycles. The summed E-state index contributed by atoms with van der Waals surface area (Å²) in [4.78, 5) is 12.2. The topological polar surface area (TPSA) is 76.0 Å². The summed E-state index contributed by atoms with van der Waals surface area (Å²) in [6.07, 6.45) is 7.61. The maximum absolute atomic E-state index is 10.2. The van der Waals surface area contributed by atoms with Gasteiger partial charge in [-0.1, -0.05) is 0 Å². The van der Waals surface area contributed by atoms with Crippen LogP contribution >= 0.6 is 0 Å². The van der Waals surface area contributed by atoms with Gasteiger partial charge in [-0.25, -0.2) is 9.97 Å². The Balaban J connectivity index is 1.88. The Morgan fingerprint density at radius 2 is 2.13 bits per heavy atom. The van der Waals surface area contributed by atoms with Gasteiger partial charge in [-0.3, -0.25) is 0 Å². The number of nitrogens with zero attached hydrogens (tertiary/aromatic N) is 3. The van der Waals surface area contributed by atoms with Gasteiger partial charge in [0.1, 0.15) is 23.1 Å². The first-order chi connectivity index (χ1) is 11.2. The van der Waals surface area contributed by atoms with Crippen molar-refractivity contribution in [2.75, 3.05) is 7.11 Å². The molecule has 3 aromatic heterocycles. The number of rotatable bonds is 3. The van der Waals surface area contributed by atoms with Gasteiger partial charge in [-0.2, -0.15) is 0 Å². The molecule has 1 aliphatic rings. The lowest BCUT2D eigenvalue weighted by molar-refractivity contribution is 0.0574. The minimum atomic E-state index is -0.600. The number of aliphatic hydroxyl groups excluding tert-OH is 1. The molecule has 122 valence electrons. The Hall–Kier alpha value is -1.92. The van der Waals surface area contributed by atoms with E-state index in [2.05, 4.69) is 19.5 Å². The third-order valence-corrected chi connectivity index (χ3v) is 4.98. The van der Waals surface area contributed by atoms with Gasteiger partial charge in [0.15, 0.2) is 0 Å². The zero-order valence-electron chi connectivity index (χ0n) is 13.5. The maximum Gasteiger partial charge on any atom is 0.139 e. The number of H-pyrrole nitrogens is 1. The van der Waals surface area contributed by atoms with E-state index in [0.29, 0.717) is 12.1 Å². The number of hydrogen-bond acceptors (Lipinski definition) is 4. The maximum atomic E-state index is 10.2. The number of ether oxygens (including phenoxy) is 1. The van der Waals surface area contributed by atoms with Crippen molar-refractivity contribution in [1.82, 2.24) is 19.5 Å². The Kier molecular flexibility index (Phi) is 3.58. The van der Waals surface area contributed by atoms with Crippen LogP contribution in [0.3, 0.4) is 0 Å². The van der Waals surface area contributed by atoms with E-state index < -0.39 is 6.10 Å². The van der Waals surface area contributed by atoms with E-state index >= 15 is 0 Å². The first-order valence-electron chi connectivity index (χ1n) is 8.23. The number of nitrogens with one attached hydrogen (secondary N) is 1. The van der Waals surface area contributed by atoms with Crippen LogP contribution in [-0.4, -0.2) is 37.8 Å². The number of methoxy groups -OCH3 is 1. The van der Waals surface area contributed by atoms with Gasteiger partial charge in [-0.05, 0) is 38.7 Å². The molecule has 1 aliphatic carbocycles. The van der Waals surface area contributed by atoms with E-state index in [9.17, 15) is 5.11 Å². The van der Waals surface area contributed by atoms with E-state index in [0.717, 1.165) is 53.6 Å². The van der Waals surface area contributed by atoms with Crippen molar-refractivity contribution in [3.05, 3.63) is 24.3 Å². The molecule has 3 aromatic rings. The van der Waals surface area contributed by atoms with Crippen LogP contribution in [0, 0.1) is 0 Å². The fraction of sp³-hybridized carbons (Fsp3) is 0.529. The monoisotopic (exact) mass is 314 g/mol.